The molecule has 0 bridgehead atoms. The van der Waals surface area contributed by atoms with E-state index in [9.17, 15) is 24.3 Å². The number of rotatable bonds is 9. The van der Waals surface area contributed by atoms with Crippen LogP contribution in [0, 0.1) is 0 Å². The molecule has 3 amide bonds. The van der Waals surface area contributed by atoms with Gasteiger partial charge in [-0.3, -0.25) is 14.4 Å². The Labute approximate surface area is 247 Å². The molecule has 13 nitrogen and oxygen atoms in total. The Morgan fingerprint density at radius 3 is 2.37 bits per heavy atom. The molecule has 1 aromatic heterocycles. The van der Waals surface area contributed by atoms with Gasteiger partial charge in [-0.05, 0) is 37.6 Å². The minimum atomic E-state index is -1.12. The van der Waals surface area contributed by atoms with Crippen LogP contribution in [0.15, 0.2) is 54.6 Å². The van der Waals surface area contributed by atoms with Gasteiger partial charge in [-0.2, -0.15) is 0 Å². The zero-order valence-corrected chi connectivity index (χ0v) is 23.5. The number of hydrogen-bond acceptors (Lipinski definition) is 9. The van der Waals surface area contributed by atoms with Gasteiger partial charge in [0.05, 0.1) is 12.3 Å². The van der Waals surface area contributed by atoms with Gasteiger partial charge in [0.25, 0.3) is 5.91 Å². The number of nitrogens with zero attached hydrogens (tertiary/aromatic N) is 4. The summed E-state index contributed by atoms with van der Waals surface area (Å²) in [6, 6.07) is 14.8. The molecule has 1 fully saturated rings. The van der Waals surface area contributed by atoms with Gasteiger partial charge < -0.3 is 34.4 Å². The summed E-state index contributed by atoms with van der Waals surface area (Å²) in [5.41, 5.74) is 1.79. The van der Waals surface area contributed by atoms with E-state index in [0.29, 0.717) is 34.1 Å². The third-order valence-electron chi connectivity index (χ3n) is 7.03. The van der Waals surface area contributed by atoms with E-state index in [1.54, 1.807) is 25.1 Å². The molecule has 224 valence electrons. The summed E-state index contributed by atoms with van der Waals surface area (Å²) < 4.78 is 15.9. The topological polar surface area (TPSA) is 160 Å². The summed E-state index contributed by atoms with van der Waals surface area (Å²) in [7, 11) is 0. The molecule has 1 atom stereocenters. The molecule has 0 saturated carbocycles. The zero-order chi connectivity index (χ0) is 30.3. The second-order valence-electron chi connectivity index (χ2n) is 9.87. The summed E-state index contributed by atoms with van der Waals surface area (Å²) in [5, 5.41) is 12.0. The van der Waals surface area contributed by atoms with Crippen molar-refractivity contribution in [3.05, 3.63) is 60.3 Å². The molecule has 3 heterocycles. The fraction of sp³-hybridized carbons (Fsp3) is 0.333. The predicted octanol–water partition coefficient (Wildman–Crippen LogP) is 2.80. The third-order valence-corrected chi connectivity index (χ3v) is 7.03. The highest BCUT2D eigenvalue weighted by Gasteiger charge is 2.31. The second kappa shape index (κ2) is 13.2. The number of carbonyl (C=O) groups excluding carboxylic acids is 3. The number of aliphatic carboxylic acids is 1. The number of amides is 3. The number of aromatic nitrogens is 2. The van der Waals surface area contributed by atoms with Crippen LogP contribution < -0.4 is 14.8 Å². The molecule has 0 aliphatic carbocycles. The summed E-state index contributed by atoms with van der Waals surface area (Å²) in [6.07, 6.45) is -0.911. The Kier molecular flexibility index (Phi) is 8.99. The zero-order valence-electron chi connectivity index (χ0n) is 23.5. The van der Waals surface area contributed by atoms with Crippen molar-refractivity contribution in [3.8, 4) is 34.1 Å². The van der Waals surface area contributed by atoms with E-state index in [-0.39, 0.29) is 58.1 Å². The van der Waals surface area contributed by atoms with E-state index in [0.717, 1.165) is 0 Å². The van der Waals surface area contributed by atoms with Crippen LogP contribution in [0.3, 0.4) is 0 Å². The predicted molar refractivity (Wildman–Crippen MR) is 152 cm³/mol. The number of fused-ring (bicyclic) bond motifs is 1. The monoisotopic (exact) mass is 589 g/mol. The fourth-order valence-electron chi connectivity index (χ4n) is 4.79. The van der Waals surface area contributed by atoms with Gasteiger partial charge in [-0.25, -0.2) is 14.8 Å². The van der Waals surface area contributed by atoms with Crippen molar-refractivity contribution in [2.45, 2.75) is 25.8 Å². The van der Waals surface area contributed by atoms with E-state index < -0.39 is 29.9 Å². The smallest absolute Gasteiger partial charge is 0.409 e. The van der Waals surface area contributed by atoms with Crippen molar-refractivity contribution in [3.63, 3.8) is 0 Å². The van der Waals surface area contributed by atoms with Gasteiger partial charge >= 0.3 is 12.1 Å². The Morgan fingerprint density at radius 1 is 0.930 bits per heavy atom. The van der Waals surface area contributed by atoms with Crippen LogP contribution in [0.2, 0.25) is 0 Å². The molecule has 1 saturated heterocycles. The van der Waals surface area contributed by atoms with Crippen LogP contribution in [0.4, 0.5) is 4.79 Å². The van der Waals surface area contributed by atoms with E-state index in [1.807, 2.05) is 30.3 Å². The van der Waals surface area contributed by atoms with Crippen molar-refractivity contribution < 1.29 is 38.5 Å². The van der Waals surface area contributed by atoms with Crippen molar-refractivity contribution >= 4 is 23.9 Å². The van der Waals surface area contributed by atoms with Crippen LogP contribution >= 0.6 is 0 Å². The molecule has 1 unspecified atom stereocenters. The molecule has 43 heavy (non-hydrogen) atoms. The number of carboxylic acid groups (broad SMARTS) is 1. The van der Waals surface area contributed by atoms with Gasteiger partial charge in [0.2, 0.25) is 12.7 Å². The number of carboxylic acids is 1. The molecule has 13 heteroatoms. The first kappa shape index (κ1) is 29.3. The SMILES string of the molecule is CCOC(=O)N1CCN(C(=O)C(CCC(=O)O)NC(=O)c2cc(-c3ccc4c(c3)OCO4)nc(-c3ccccc3)n2)CC1. The Balaban J connectivity index is 1.40. The quantitative estimate of drug-likeness (QED) is 0.380. The highest BCUT2D eigenvalue weighted by molar-refractivity contribution is 5.97. The number of benzene rings is 2. The van der Waals surface area contributed by atoms with Crippen LogP contribution in [0.5, 0.6) is 11.5 Å². The third kappa shape index (κ3) is 7.00. The highest BCUT2D eigenvalue weighted by atomic mass is 16.7. The van der Waals surface area contributed by atoms with Crippen LogP contribution in [-0.4, -0.2) is 94.4 Å². The van der Waals surface area contributed by atoms with Crippen molar-refractivity contribution in [2.24, 2.45) is 0 Å². The van der Waals surface area contributed by atoms with Crippen molar-refractivity contribution in [1.82, 2.24) is 25.1 Å². The Hall–Kier alpha value is -5.20. The van der Waals surface area contributed by atoms with Crippen LogP contribution in [0.25, 0.3) is 22.6 Å². The molecule has 0 radical (unpaired) electrons. The minimum Gasteiger partial charge on any atom is -0.481 e. The van der Waals surface area contributed by atoms with Gasteiger partial charge in [0.15, 0.2) is 17.3 Å². The Bertz CT molecular complexity index is 1510. The lowest BCUT2D eigenvalue weighted by Gasteiger charge is -2.35. The number of carbonyl (C=O) groups is 4. The molecular weight excluding hydrogens is 558 g/mol. The fourth-order valence-corrected chi connectivity index (χ4v) is 4.79. The molecule has 2 N–H and O–H groups in total. The number of hydrogen-bond donors (Lipinski definition) is 2. The highest BCUT2D eigenvalue weighted by Crippen LogP contribution is 2.36. The van der Waals surface area contributed by atoms with Gasteiger partial charge in [-0.15, -0.1) is 0 Å². The molecule has 5 rings (SSSR count). The second-order valence-corrected chi connectivity index (χ2v) is 9.87. The largest absolute Gasteiger partial charge is 0.481 e. The maximum absolute atomic E-state index is 13.6. The molecule has 2 aliphatic heterocycles. The first-order chi connectivity index (χ1) is 20.8. The average Bonchev–Trinajstić information content (AvgIpc) is 3.51. The van der Waals surface area contributed by atoms with E-state index in [4.69, 9.17) is 14.2 Å². The van der Waals surface area contributed by atoms with Crippen LogP contribution in [-0.2, 0) is 14.3 Å². The first-order valence-electron chi connectivity index (χ1n) is 13.9. The normalized spacial score (nSPS) is 14.6. The lowest BCUT2D eigenvalue weighted by molar-refractivity contribution is -0.138. The summed E-state index contributed by atoms with van der Waals surface area (Å²) in [6.45, 7) is 3.02. The first-order valence-corrected chi connectivity index (χ1v) is 13.9. The number of piperazine rings is 1. The van der Waals surface area contributed by atoms with E-state index in [1.165, 1.54) is 15.9 Å². The van der Waals surface area contributed by atoms with Gasteiger partial charge in [-0.1, -0.05) is 30.3 Å². The number of ether oxygens (including phenoxy) is 3. The lowest BCUT2D eigenvalue weighted by Crippen LogP contribution is -2.56. The van der Waals surface area contributed by atoms with E-state index >= 15 is 0 Å². The van der Waals surface area contributed by atoms with E-state index in [2.05, 4.69) is 15.3 Å². The summed E-state index contributed by atoms with van der Waals surface area (Å²) >= 11 is 0. The average molecular weight is 590 g/mol. The standard InChI is InChI=1S/C30H31N5O8/c1-2-41-30(40)35-14-12-34(13-15-35)29(39)21(9-11-26(36)37)33-28(38)23-17-22(20-8-10-24-25(16-20)43-18-42-24)31-27(32-23)19-6-4-3-5-7-19/h3-8,10,16-17,21H,2,9,11-15,18H2,1H3,(H,33,38)(H,36,37). The molecule has 2 aliphatic rings. The van der Waals surface area contributed by atoms with Crippen LogP contribution in [0.1, 0.15) is 30.3 Å². The maximum Gasteiger partial charge on any atom is 0.409 e. The van der Waals surface area contributed by atoms with Crippen molar-refractivity contribution in [2.75, 3.05) is 39.6 Å². The molecule has 0 spiro atoms. The molecule has 2 aromatic carbocycles. The number of nitrogens with one attached hydrogen (secondary N) is 1. The maximum atomic E-state index is 13.6. The van der Waals surface area contributed by atoms with Gasteiger partial charge in [0.1, 0.15) is 11.7 Å². The van der Waals surface area contributed by atoms with Gasteiger partial charge in [0, 0.05) is 43.7 Å². The van der Waals surface area contributed by atoms with Crippen molar-refractivity contribution in [1.29, 1.82) is 0 Å². The molecule has 3 aromatic rings. The summed E-state index contributed by atoms with van der Waals surface area (Å²) in [4.78, 5) is 62.7. The minimum absolute atomic E-state index is 0.00164. The molecular formula is C30H31N5O8. The summed E-state index contributed by atoms with van der Waals surface area (Å²) in [5.74, 6) is -0.753. The Morgan fingerprint density at radius 2 is 1.65 bits per heavy atom. The lowest BCUT2D eigenvalue weighted by atomic mass is 10.1.